The van der Waals surface area contributed by atoms with Crippen molar-refractivity contribution in [3.05, 3.63) is 71.3 Å². The minimum atomic E-state index is -3.76. The molecule has 0 unspecified atom stereocenters. The number of hydrogen-bond donors (Lipinski definition) is 0. The van der Waals surface area contributed by atoms with Crippen LogP contribution in [0.4, 0.5) is 5.13 Å². The molecule has 3 aromatic carbocycles. The second-order valence-electron chi connectivity index (χ2n) is 11.4. The van der Waals surface area contributed by atoms with Crippen LogP contribution in [-0.4, -0.2) is 64.2 Å². The summed E-state index contributed by atoms with van der Waals surface area (Å²) in [5.74, 6) is 1.16. The predicted molar refractivity (Wildman–Crippen MR) is 180 cm³/mol. The second kappa shape index (κ2) is 14.4. The Morgan fingerprint density at radius 1 is 0.911 bits per heavy atom. The number of nitrogens with zero attached hydrogens (tertiary/aromatic N) is 4. The Bertz CT molecular complexity index is 1750. The zero-order valence-corrected chi connectivity index (χ0v) is 28.5. The topological polar surface area (TPSA) is 111 Å². The fourth-order valence-electron chi connectivity index (χ4n) is 4.73. The second-order valence-corrected chi connectivity index (χ2v) is 14.4. The number of amides is 1. The lowest BCUT2D eigenvalue weighted by atomic mass is 10.2. The van der Waals surface area contributed by atoms with Crippen LogP contribution in [-0.2, 0) is 10.0 Å². The minimum absolute atomic E-state index is 0.128. The number of benzene rings is 3. The van der Waals surface area contributed by atoms with E-state index in [0.29, 0.717) is 41.0 Å². The first-order valence-corrected chi connectivity index (χ1v) is 16.8. The summed E-state index contributed by atoms with van der Waals surface area (Å²) in [7, 11) is 0.801. The third-order valence-electron chi connectivity index (χ3n) is 6.79. The summed E-state index contributed by atoms with van der Waals surface area (Å²) >= 11 is 1.33. The van der Waals surface area contributed by atoms with Crippen LogP contribution in [0.3, 0.4) is 0 Å². The normalized spacial score (nSPS) is 12.1. The number of aromatic nitrogens is 1. The SMILES string of the molecule is COc1cc(/C=N/N(C(=O)c2ccc(S(=O)(=O)N(CC(C)C)CC(C)C)cc2)c2nc3ccc(C)cc3s2)cc(OC)c1OC. The molecular formula is C33H40N4O6S2. The number of fused-ring (bicyclic) bond motifs is 1. The molecule has 0 N–H and O–H groups in total. The summed E-state index contributed by atoms with van der Waals surface area (Å²) in [5, 5.41) is 6.14. The molecule has 0 aliphatic heterocycles. The van der Waals surface area contributed by atoms with E-state index in [1.807, 2.05) is 52.8 Å². The van der Waals surface area contributed by atoms with Gasteiger partial charge in [0.2, 0.25) is 20.9 Å². The van der Waals surface area contributed by atoms with Gasteiger partial charge in [-0.15, -0.1) is 0 Å². The van der Waals surface area contributed by atoms with E-state index >= 15 is 0 Å². The molecule has 0 saturated heterocycles. The van der Waals surface area contributed by atoms with Gasteiger partial charge >= 0.3 is 0 Å². The maximum atomic E-state index is 14.0. The number of sulfonamides is 1. The fraction of sp³-hybridized carbons (Fsp3) is 0.364. The van der Waals surface area contributed by atoms with Crippen LogP contribution in [0, 0.1) is 18.8 Å². The van der Waals surface area contributed by atoms with E-state index in [1.54, 1.807) is 12.1 Å². The van der Waals surface area contributed by atoms with E-state index in [4.69, 9.17) is 14.2 Å². The van der Waals surface area contributed by atoms with Gasteiger partial charge in [0.15, 0.2) is 11.5 Å². The van der Waals surface area contributed by atoms with Crippen LogP contribution >= 0.6 is 11.3 Å². The molecule has 10 nitrogen and oxygen atoms in total. The van der Waals surface area contributed by atoms with Gasteiger partial charge in [0.1, 0.15) is 0 Å². The molecule has 240 valence electrons. The van der Waals surface area contributed by atoms with Gasteiger partial charge in [0.05, 0.1) is 42.7 Å². The minimum Gasteiger partial charge on any atom is -0.493 e. The summed E-state index contributed by atoms with van der Waals surface area (Å²) in [6.07, 6.45) is 1.51. The van der Waals surface area contributed by atoms with Crippen LogP contribution in [0.25, 0.3) is 10.2 Å². The molecule has 4 aromatic rings. The Morgan fingerprint density at radius 3 is 2.04 bits per heavy atom. The largest absolute Gasteiger partial charge is 0.493 e. The highest BCUT2D eigenvalue weighted by Gasteiger charge is 2.27. The number of ether oxygens (including phenoxy) is 3. The zero-order chi connectivity index (χ0) is 32.9. The lowest BCUT2D eigenvalue weighted by molar-refractivity contribution is 0.0987. The van der Waals surface area contributed by atoms with Crippen LogP contribution < -0.4 is 19.2 Å². The highest BCUT2D eigenvalue weighted by Crippen LogP contribution is 2.38. The first kappa shape index (κ1) is 33.9. The zero-order valence-electron chi connectivity index (χ0n) is 26.9. The van der Waals surface area contributed by atoms with Crippen molar-refractivity contribution in [1.29, 1.82) is 0 Å². The van der Waals surface area contributed by atoms with Crippen molar-refractivity contribution in [1.82, 2.24) is 9.29 Å². The molecule has 0 fully saturated rings. The maximum absolute atomic E-state index is 14.0. The van der Waals surface area contributed by atoms with Gasteiger partial charge in [-0.1, -0.05) is 45.1 Å². The van der Waals surface area contributed by atoms with E-state index in [2.05, 4.69) is 10.1 Å². The molecule has 1 amide bonds. The number of hydrogen-bond acceptors (Lipinski definition) is 9. The Kier molecular flexibility index (Phi) is 10.8. The quantitative estimate of drug-likeness (QED) is 0.118. The standard InChI is InChI=1S/C33H40N4O6S2/c1-21(2)19-36(20-22(3)4)45(39,40)26-12-10-25(11-13-26)32(38)37(33-35-27-14-9-23(5)15-30(27)44-33)34-18-24-16-28(41-6)31(43-8)29(17-24)42-7/h9-18,21-22H,19-20H2,1-8H3/b34-18+. The molecule has 45 heavy (non-hydrogen) atoms. The summed E-state index contributed by atoms with van der Waals surface area (Å²) in [4.78, 5) is 18.8. The highest BCUT2D eigenvalue weighted by atomic mass is 32.2. The van der Waals surface area contributed by atoms with Gasteiger partial charge in [0, 0.05) is 24.2 Å². The fourth-order valence-corrected chi connectivity index (χ4v) is 7.51. The van der Waals surface area contributed by atoms with E-state index in [9.17, 15) is 13.2 Å². The average Bonchev–Trinajstić information content (AvgIpc) is 3.42. The molecule has 0 atom stereocenters. The summed E-state index contributed by atoms with van der Waals surface area (Å²) in [6, 6.07) is 15.3. The Balaban J connectivity index is 1.74. The number of carbonyl (C=O) groups excluding carboxylic acids is 1. The van der Waals surface area contributed by atoms with Gasteiger partial charge < -0.3 is 14.2 Å². The van der Waals surface area contributed by atoms with E-state index in [-0.39, 0.29) is 22.3 Å². The number of carbonyl (C=O) groups is 1. The first-order chi connectivity index (χ1) is 21.4. The van der Waals surface area contributed by atoms with Crippen molar-refractivity contribution in [3.63, 3.8) is 0 Å². The maximum Gasteiger partial charge on any atom is 0.280 e. The molecule has 0 bridgehead atoms. The summed E-state index contributed by atoms with van der Waals surface area (Å²) in [6.45, 7) is 10.7. The lowest BCUT2D eigenvalue weighted by Crippen LogP contribution is -2.37. The van der Waals surface area contributed by atoms with E-state index in [1.165, 1.54) is 72.5 Å². The Labute approximate surface area is 269 Å². The first-order valence-electron chi connectivity index (χ1n) is 14.5. The Morgan fingerprint density at radius 2 is 1.51 bits per heavy atom. The van der Waals surface area contributed by atoms with Gasteiger partial charge in [-0.05, 0) is 72.9 Å². The number of thiazole rings is 1. The molecule has 0 radical (unpaired) electrons. The Hall–Kier alpha value is -4.00. The van der Waals surface area contributed by atoms with Crippen LogP contribution in [0.2, 0.25) is 0 Å². The number of anilines is 1. The number of hydrazone groups is 1. The van der Waals surface area contributed by atoms with Crippen LogP contribution in [0.1, 0.15) is 49.2 Å². The molecule has 12 heteroatoms. The van der Waals surface area contributed by atoms with Gasteiger partial charge in [-0.3, -0.25) is 4.79 Å². The third-order valence-corrected chi connectivity index (χ3v) is 9.63. The summed E-state index contributed by atoms with van der Waals surface area (Å²) < 4.78 is 45.9. The highest BCUT2D eigenvalue weighted by molar-refractivity contribution is 7.89. The van der Waals surface area contributed by atoms with Crippen molar-refractivity contribution < 1.29 is 27.4 Å². The van der Waals surface area contributed by atoms with Crippen molar-refractivity contribution >= 4 is 48.8 Å². The number of methoxy groups -OCH3 is 3. The van der Waals surface area contributed by atoms with Crippen LogP contribution in [0.15, 0.2) is 64.6 Å². The molecule has 0 aliphatic carbocycles. The molecule has 4 rings (SSSR count). The lowest BCUT2D eigenvalue weighted by Gasteiger charge is -2.25. The molecule has 0 saturated carbocycles. The van der Waals surface area contributed by atoms with E-state index in [0.717, 1.165) is 15.8 Å². The number of rotatable bonds is 13. The van der Waals surface area contributed by atoms with Gasteiger partial charge in [-0.25, -0.2) is 13.4 Å². The monoisotopic (exact) mass is 652 g/mol. The average molecular weight is 653 g/mol. The summed E-state index contributed by atoms with van der Waals surface area (Å²) in [5.41, 5.74) is 2.65. The van der Waals surface area contributed by atoms with Crippen LogP contribution in [0.5, 0.6) is 17.2 Å². The van der Waals surface area contributed by atoms with Crippen molar-refractivity contribution in [2.24, 2.45) is 16.9 Å². The van der Waals surface area contributed by atoms with Crippen molar-refractivity contribution in [3.8, 4) is 17.2 Å². The van der Waals surface area contributed by atoms with Gasteiger partial charge in [-0.2, -0.15) is 14.4 Å². The molecular weight excluding hydrogens is 613 g/mol. The van der Waals surface area contributed by atoms with Crippen molar-refractivity contribution in [2.75, 3.05) is 39.4 Å². The third kappa shape index (κ3) is 7.81. The smallest absolute Gasteiger partial charge is 0.280 e. The molecule has 1 heterocycles. The molecule has 1 aromatic heterocycles. The van der Waals surface area contributed by atoms with E-state index < -0.39 is 15.9 Å². The number of aryl methyl sites for hydroxylation is 1. The van der Waals surface area contributed by atoms with Crippen molar-refractivity contribution in [2.45, 2.75) is 39.5 Å². The van der Waals surface area contributed by atoms with Gasteiger partial charge in [0.25, 0.3) is 5.91 Å². The molecule has 0 aliphatic rings. The predicted octanol–water partition coefficient (Wildman–Crippen LogP) is 6.61. The molecule has 0 spiro atoms.